The fourth-order valence-corrected chi connectivity index (χ4v) is 8.46. The number of aliphatic carboxylic acids is 1. The van der Waals surface area contributed by atoms with Crippen molar-refractivity contribution in [1.82, 2.24) is 0 Å². The smallest absolute Gasteiger partial charge is 0.306 e. The van der Waals surface area contributed by atoms with Gasteiger partial charge in [0.05, 0.1) is 40.3 Å². The molecule has 0 saturated carbocycles. The third-order valence-electron chi connectivity index (χ3n) is 13.2. The number of allylic oxidation sites excluding steroid dienone is 14. The summed E-state index contributed by atoms with van der Waals surface area (Å²) in [4.78, 5) is 37.4. The van der Waals surface area contributed by atoms with E-state index in [2.05, 4.69) is 98.9 Å². The van der Waals surface area contributed by atoms with Gasteiger partial charge in [-0.2, -0.15) is 0 Å². The number of carboxylic acid groups (broad SMARTS) is 1. The van der Waals surface area contributed by atoms with Crippen molar-refractivity contribution in [2.45, 2.75) is 270 Å². The number of hydrogen-bond donors (Lipinski definition) is 0. The molecule has 2 unspecified atom stereocenters. The number of carbonyl (C=O) groups excluding carboxylic acids is 3. The van der Waals surface area contributed by atoms with Crippen LogP contribution in [-0.2, 0) is 33.3 Å². The van der Waals surface area contributed by atoms with E-state index in [1.54, 1.807) is 0 Å². The van der Waals surface area contributed by atoms with Gasteiger partial charge >= 0.3 is 11.9 Å². The topological polar surface area (TPSA) is 111 Å². The number of esters is 2. The number of hydrogen-bond acceptors (Lipinski definition) is 8. The minimum Gasteiger partial charge on any atom is -0.545 e. The highest BCUT2D eigenvalue weighted by molar-refractivity contribution is 5.70. The number of carboxylic acids is 1. The second-order valence-electron chi connectivity index (χ2n) is 21.6. The van der Waals surface area contributed by atoms with Crippen LogP contribution >= 0.6 is 0 Å². The maximum Gasteiger partial charge on any atom is 0.306 e. The molecule has 0 bridgehead atoms. The molecule has 0 aliphatic heterocycles. The third kappa shape index (κ3) is 58.0. The summed E-state index contributed by atoms with van der Waals surface area (Å²) in [6, 6.07) is 0. The highest BCUT2D eigenvalue weighted by atomic mass is 16.7. The van der Waals surface area contributed by atoms with E-state index >= 15 is 0 Å². The molecular weight excluding hydrogens is 935 g/mol. The molecule has 0 amide bonds. The van der Waals surface area contributed by atoms with E-state index in [9.17, 15) is 19.5 Å². The number of rotatable bonds is 56. The normalized spacial score (nSPS) is 13.3. The van der Waals surface area contributed by atoms with Gasteiger partial charge in [-0.3, -0.25) is 9.59 Å². The molecule has 0 heterocycles. The Labute approximate surface area is 461 Å². The number of quaternary nitrogens is 1. The lowest BCUT2D eigenvalue weighted by molar-refractivity contribution is -0.870. The van der Waals surface area contributed by atoms with Crippen LogP contribution in [0.25, 0.3) is 0 Å². The molecule has 0 radical (unpaired) electrons. The number of ether oxygens (including phenoxy) is 4. The Kier molecular flexibility index (Phi) is 54.0. The van der Waals surface area contributed by atoms with Gasteiger partial charge in [-0.1, -0.05) is 259 Å². The zero-order chi connectivity index (χ0) is 54.8. The van der Waals surface area contributed by atoms with Gasteiger partial charge in [0, 0.05) is 12.8 Å². The van der Waals surface area contributed by atoms with E-state index in [4.69, 9.17) is 18.9 Å². The molecule has 0 aromatic rings. The average molecular weight is 1050 g/mol. The van der Waals surface area contributed by atoms with E-state index in [0.717, 1.165) is 89.9 Å². The number of nitrogens with zero attached hydrogens (tertiary/aromatic N) is 1. The molecule has 0 aromatic carbocycles. The van der Waals surface area contributed by atoms with Crippen LogP contribution < -0.4 is 5.11 Å². The molecule has 9 nitrogen and oxygen atoms in total. The quantitative estimate of drug-likeness (QED) is 0.0195. The number of carbonyl (C=O) groups is 3. The lowest BCUT2D eigenvalue weighted by Gasteiger charge is -2.26. The summed E-state index contributed by atoms with van der Waals surface area (Å²) in [6.45, 7) is 4.64. The first-order chi connectivity index (χ1) is 36.6. The maximum absolute atomic E-state index is 12.9. The monoisotopic (exact) mass is 1050 g/mol. The molecule has 0 aromatic heterocycles. The minimum atomic E-state index is -1.63. The van der Waals surface area contributed by atoms with Crippen molar-refractivity contribution in [3.05, 3.63) is 85.1 Å². The van der Waals surface area contributed by atoms with Crippen LogP contribution in [0.1, 0.15) is 258 Å². The summed E-state index contributed by atoms with van der Waals surface area (Å²) in [5.74, 6) is -2.29. The van der Waals surface area contributed by atoms with Crippen molar-refractivity contribution in [2.75, 3.05) is 47.5 Å². The highest BCUT2D eigenvalue weighted by Crippen LogP contribution is 2.17. The van der Waals surface area contributed by atoms with Crippen LogP contribution in [0, 0.1) is 0 Å². The van der Waals surface area contributed by atoms with Gasteiger partial charge in [-0.15, -0.1) is 0 Å². The van der Waals surface area contributed by atoms with Gasteiger partial charge in [-0.05, 0) is 70.6 Å². The van der Waals surface area contributed by atoms with Crippen LogP contribution in [-0.4, -0.2) is 82.3 Å². The summed E-state index contributed by atoms with van der Waals surface area (Å²) in [5.41, 5.74) is 0. The summed E-state index contributed by atoms with van der Waals surface area (Å²) >= 11 is 0. The van der Waals surface area contributed by atoms with Crippen molar-refractivity contribution in [3.8, 4) is 0 Å². The molecule has 0 saturated heterocycles. The molecule has 0 rings (SSSR count). The lowest BCUT2D eigenvalue weighted by Crippen LogP contribution is -2.44. The summed E-state index contributed by atoms with van der Waals surface area (Å²) in [7, 11) is 5.92. The molecule has 2 atom stereocenters. The first-order valence-electron chi connectivity index (χ1n) is 30.7. The predicted octanol–water partition coefficient (Wildman–Crippen LogP) is 17.0. The molecule has 75 heavy (non-hydrogen) atoms. The molecule has 0 fully saturated rings. The minimum absolute atomic E-state index is 0.143. The van der Waals surface area contributed by atoms with E-state index in [1.807, 2.05) is 21.1 Å². The second-order valence-corrected chi connectivity index (χ2v) is 21.6. The molecule has 0 spiro atoms. The lowest BCUT2D eigenvalue weighted by atomic mass is 10.0. The second kappa shape index (κ2) is 56.7. The number of likely N-dealkylation sites (N-methyl/N-ethyl adjacent to an activating group) is 1. The van der Waals surface area contributed by atoms with Gasteiger partial charge in [-0.25, -0.2) is 0 Å². The standard InChI is InChI=1S/C66H115NO8/c1-6-8-10-12-14-16-18-20-22-24-26-28-29-30-31-32-33-34-35-37-39-41-43-45-47-49-51-53-55-57-64(69)75-62(61-74-66(65(70)71)72-59-58-67(3,4)5)60-73-63(68)56-54-52-50-48-46-44-42-40-38-36-27-25-23-21-19-17-15-13-11-9-7-2/h8,10,14,16,20,22,26,28,30-31,33-34,37,39,62,66H,6-7,9,11-13,15,17-19,21,23-25,27,29,32,35-36,38,40-61H2,1-5H3/b10-8-,16-14-,22-20-,28-26-,31-30-,34-33-,39-37-. The van der Waals surface area contributed by atoms with Crippen molar-refractivity contribution < 1.29 is 42.9 Å². The van der Waals surface area contributed by atoms with Crippen LogP contribution in [0.15, 0.2) is 85.1 Å². The molecule has 0 aliphatic rings. The molecule has 432 valence electrons. The average Bonchev–Trinajstić information content (AvgIpc) is 3.38. The van der Waals surface area contributed by atoms with Crippen LogP contribution in [0.2, 0.25) is 0 Å². The Morgan fingerprint density at radius 3 is 1.13 bits per heavy atom. The van der Waals surface area contributed by atoms with Crippen molar-refractivity contribution in [1.29, 1.82) is 0 Å². The highest BCUT2D eigenvalue weighted by Gasteiger charge is 2.22. The van der Waals surface area contributed by atoms with E-state index < -0.39 is 24.3 Å². The van der Waals surface area contributed by atoms with Gasteiger partial charge in [0.1, 0.15) is 13.2 Å². The summed E-state index contributed by atoms with van der Waals surface area (Å²) in [5, 5.41) is 11.8. The molecular formula is C66H115NO8. The summed E-state index contributed by atoms with van der Waals surface area (Å²) < 4.78 is 22.7. The molecule has 0 N–H and O–H groups in total. The van der Waals surface area contributed by atoms with Crippen molar-refractivity contribution >= 4 is 17.9 Å². The largest absolute Gasteiger partial charge is 0.545 e. The third-order valence-corrected chi connectivity index (χ3v) is 13.2. The fourth-order valence-electron chi connectivity index (χ4n) is 8.46. The Balaban J connectivity index is 4.25. The van der Waals surface area contributed by atoms with Gasteiger partial charge in [0.15, 0.2) is 12.4 Å². The SMILES string of the molecule is CC/C=C\C/C=C\C/C=C\C/C=C\C/C=C\C/C=C\C/C=C\CCCCCCCCCC(=O)OC(COC(=O)CCCCCCCCCCCCCCCCCCCCCCC)COC(OCC[N+](C)(C)C)C(=O)[O-]. The maximum atomic E-state index is 12.9. The van der Waals surface area contributed by atoms with Crippen LogP contribution in [0.3, 0.4) is 0 Å². The zero-order valence-electron chi connectivity index (χ0n) is 49.1. The van der Waals surface area contributed by atoms with Crippen molar-refractivity contribution in [3.63, 3.8) is 0 Å². The van der Waals surface area contributed by atoms with E-state index in [-0.39, 0.29) is 38.6 Å². The Morgan fingerprint density at radius 1 is 0.413 bits per heavy atom. The Bertz CT molecular complexity index is 1500. The Morgan fingerprint density at radius 2 is 0.760 bits per heavy atom. The first-order valence-corrected chi connectivity index (χ1v) is 30.7. The fraction of sp³-hybridized carbons (Fsp3) is 0.742. The molecule has 0 aliphatic carbocycles. The van der Waals surface area contributed by atoms with Crippen LogP contribution in [0.5, 0.6) is 0 Å². The van der Waals surface area contributed by atoms with Gasteiger partial charge in [0.25, 0.3) is 0 Å². The number of unbranched alkanes of at least 4 members (excludes halogenated alkanes) is 27. The van der Waals surface area contributed by atoms with E-state index in [1.165, 1.54) is 135 Å². The zero-order valence-corrected chi connectivity index (χ0v) is 49.1. The van der Waals surface area contributed by atoms with Crippen molar-refractivity contribution in [2.24, 2.45) is 0 Å². The van der Waals surface area contributed by atoms with Gasteiger partial charge < -0.3 is 33.3 Å². The first kappa shape index (κ1) is 71.5. The Hall–Kier alpha value is -3.53. The van der Waals surface area contributed by atoms with E-state index in [0.29, 0.717) is 17.4 Å². The van der Waals surface area contributed by atoms with Crippen LogP contribution in [0.4, 0.5) is 0 Å². The predicted molar refractivity (Wildman–Crippen MR) is 315 cm³/mol. The van der Waals surface area contributed by atoms with Gasteiger partial charge in [0.2, 0.25) is 0 Å². The molecule has 9 heteroatoms. The summed E-state index contributed by atoms with van der Waals surface area (Å²) in [6.07, 6.45) is 72.0.